The minimum Gasteiger partial charge on any atom is -0.465 e. The zero-order valence-electron chi connectivity index (χ0n) is 9.42. The molecule has 0 bridgehead atoms. The fraction of sp³-hybridized carbons (Fsp3) is 0.385. The van der Waals surface area contributed by atoms with E-state index in [2.05, 4.69) is 39.5 Å². The van der Waals surface area contributed by atoms with Gasteiger partial charge in [-0.2, -0.15) is 0 Å². The molecule has 0 heterocycles. The van der Waals surface area contributed by atoms with E-state index in [1.165, 1.54) is 11.8 Å². The molecule has 0 saturated carbocycles. The highest BCUT2D eigenvalue weighted by Crippen LogP contribution is 2.27. The van der Waals surface area contributed by atoms with E-state index in [0.29, 0.717) is 0 Å². The quantitative estimate of drug-likeness (QED) is 0.644. The highest BCUT2D eigenvalue weighted by Gasteiger charge is 2.14. The lowest BCUT2D eigenvalue weighted by Crippen LogP contribution is -2.11. The SMILES string of the molecule is C=COc1ccc(C(C)(C)C)cc1C. The Balaban J connectivity index is 3.06. The van der Waals surface area contributed by atoms with Crippen LogP contribution in [0.2, 0.25) is 0 Å². The van der Waals surface area contributed by atoms with Crippen LogP contribution in [0, 0.1) is 6.92 Å². The van der Waals surface area contributed by atoms with Gasteiger partial charge in [0, 0.05) is 0 Å². The van der Waals surface area contributed by atoms with Crippen LogP contribution in [-0.4, -0.2) is 0 Å². The van der Waals surface area contributed by atoms with E-state index in [1.807, 2.05) is 13.0 Å². The molecule has 76 valence electrons. The highest BCUT2D eigenvalue weighted by molar-refractivity contribution is 5.39. The Morgan fingerprint density at radius 3 is 2.36 bits per heavy atom. The Morgan fingerprint density at radius 1 is 1.29 bits per heavy atom. The van der Waals surface area contributed by atoms with Gasteiger partial charge in [0.25, 0.3) is 0 Å². The Hall–Kier alpha value is -1.24. The van der Waals surface area contributed by atoms with Crippen molar-refractivity contribution in [3.05, 3.63) is 42.2 Å². The lowest BCUT2D eigenvalue weighted by molar-refractivity contribution is 0.478. The Kier molecular flexibility index (Phi) is 3.00. The minimum atomic E-state index is 0.192. The summed E-state index contributed by atoms with van der Waals surface area (Å²) in [7, 11) is 0. The van der Waals surface area contributed by atoms with Crippen molar-refractivity contribution in [2.24, 2.45) is 0 Å². The van der Waals surface area contributed by atoms with Gasteiger partial charge in [0.1, 0.15) is 5.75 Å². The number of rotatable bonds is 2. The van der Waals surface area contributed by atoms with Gasteiger partial charge in [-0.25, -0.2) is 0 Å². The number of ether oxygens (including phenoxy) is 1. The van der Waals surface area contributed by atoms with Crippen molar-refractivity contribution in [1.29, 1.82) is 0 Å². The molecule has 14 heavy (non-hydrogen) atoms. The van der Waals surface area contributed by atoms with Gasteiger partial charge >= 0.3 is 0 Å². The van der Waals surface area contributed by atoms with Crippen LogP contribution in [0.3, 0.4) is 0 Å². The fourth-order valence-corrected chi connectivity index (χ4v) is 1.34. The van der Waals surface area contributed by atoms with Gasteiger partial charge in [-0.15, -0.1) is 0 Å². The molecule has 0 aromatic heterocycles. The summed E-state index contributed by atoms with van der Waals surface area (Å²) < 4.78 is 5.27. The maximum Gasteiger partial charge on any atom is 0.129 e. The van der Waals surface area contributed by atoms with E-state index in [1.54, 1.807) is 0 Å². The largest absolute Gasteiger partial charge is 0.465 e. The summed E-state index contributed by atoms with van der Waals surface area (Å²) in [5.74, 6) is 0.882. The number of hydrogen-bond donors (Lipinski definition) is 0. The number of hydrogen-bond acceptors (Lipinski definition) is 1. The highest BCUT2D eigenvalue weighted by atomic mass is 16.5. The van der Waals surface area contributed by atoms with Gasteiger partial charge in [0.05, 0.1) is 6.26 Å². The summed E-state index contributed by atoms with van der Waals surface area (Å²) in [6.45, 7) is 12.2. The van der Waals surface area contributed by atoms with Crippen LogP contribution in [0.5, 0.6) is 5.75 Å². The number of aryl methyl sites for hydroxylation is 1. The lowest BCUT2D eigenvalue weighted by Gasteiger charge is -2.20. The summed E-state index contributed by atoms with van der Waals surface area (Å²) >= 11 is 0. The monoisotopic (exact) mass is 190 g/mol. The zero-order valence-corrected chi connectivity index (χ0v) is 9.42. The maximum atomic E-state index is 5.27. The van der Waals surface area contributed by atoms with Gasteiger partial charge in [0.15, 0.2) is 0 Å². The summed E-state index contributed by atoms with van der Waals surface area (Å²) in [5.41, 5.74) is 2.67. The summed E-state index contributed by atoms with van der Waals surface area (Å²) in [6, 6.07) is 6.27. The molecule has 1 rings (SSSR count). The standard InChI is InChI=1S/C13H18O/c1-6-14-12-8-7-11(9-10(12)2)13(3,4)5/h6-9H,1H2,2-5H3. The molecule has 0 aliphatic heterocycles. The second kappa shape index (κ2) is 3.87. The molecule has 1 aromatic rings. The predicted molar refractivity (Wildman–Crippen MR) is 60.7 cm³/mol. The average Bonchev–Trinajstić information content (AvgIpc) is 2.07. The third-order valence-corrected chi connectivity index (χ3v) is 2.25. The summed E-state index contributed by atoms with van der Waals surface area (Å²) in [5, 5.41) is 0. The van der Waals surface area contributed by atoms with Crippen LogP contribution in [0.25, 0.3) is 0 Å². The van der Waals surface area contributed by atoms with Crippen LogP contribution in [0.4, 0.5) is 0 Å². The second-order valence-corrected chi connectivity index (χ2v) is 4.51. The average molecular weight is 190 g/mol. The lowest BCUT2D eigenvalue weighted by atomic mass is 9.86. The van der Waals surface area contributed by atoms with Crippen molar-refractivity contribution in [2.45, 2.75) is 33.1 Å². The van der Waals surface area contributed by atoms with E-state index in [4.69, 9.17) is 4.74 Å². The van der Waals surface area contributed by atoms with Crippen LogP contribution in [0.1, 0.15) is 31.9 Å². The van der Waals surface area contributed by atoms with Crippen LogP contribution in [-0.2, 0) is 5.41 Å². The molecule has 0 saturated heterocycles. The van der Waals surface area contributed by atoms with Crippen molar-refractivity contribution in [3.8, 4) is 5.75 Å². The maximum absolute atomic E-state index is 5.27. The molecule has 0 fully saturated rings. The molecule has 0 N–H and O–H groups in total. The van der Waals surface area contributed by atoms with Crippen molar-refractivity contribution >= 4 is 0 Å². The van der Waals surface area contributed by atoms with Crippen molar-refractivity contribution in [1.82, 2.24) is 0 Å². The number of benzene rings is 1. The molecule has 0 radical (unpaired) electrons. The predicted octanol–water partition coefficient (Wildman–Crippen LogP) is 3.81. The van der Waals surface area contributed by atoms with Crippen LogP contribution in [0.15, 0.2) is 31.0 Å². The van der Waals surface area contributed by atoms with Gasteiger partial charge in [0.2, 0.25) is 0 Å². The van der Waals surface area contributed by atoms with E-state index < -0.39 is 0 Å². The first kappa shape index (κ1) is 10.8. The Bertz CT molecular complexity index is 332. The minimum absolute atomic E-state index is 0.192. The van der Waals surface area contributed by atoms with Crippen molar-refractivity contribution in [3.63, 3.8) is 0 Å². The fourth-order valence-electron chi connectivity index (χ4n) is 1.34. The van der Waals surface area contributed by atoms with Crippen LogP contribution >= 0.6 is 0 Å². The Morgan fingerprint density at radius 2 is 1.93 bits per heavy atom. The van der Waals surface area contributed by atoms with E-state index in [-0.39, 0.29) is 5.41 Å². The molecule has 0 aliphatic rings. The zero-order chi connectivity index (χ0) is 10.8. The molecule has 1 nitrogen and oxygen atoms in total. The van der Waals surface area contributed by atoms with Gasteiger partial charge < -0.3 is 4.74 Å². The van der Waals surface area contributed by atoms with Crippen LogP contribution < -0.4 is 4.74 Å². The van der Waals surface area contributed by atoms with Crippen molar-refractivity contribution in [2.75, 3.05) is 0 Å². The summed E-state index contributed by atoms with van der Waals surface area (Å²) in [6.07, 6.45) is 1.46. The van der Waals surface area contributed by atoms with Gasteiger partial charge in [-0.3, -0.25) is 0 Å². The molecule has 0 amide bonds. The Labute approximate surface area is 86.4 Å². The normalized spacial score (nSPS) is 11.1. The topological polar surface area (TPSA) is 9.23 Å². The third kappa shape index (κ3) is 2.38. The third-order valence-electron chi connectivity index (χ3n) is 2.25. The first-order valence-electron chi connectivity index (χ1n) is 4.84. The molecular weight excluding hydrogens is 172 g/mol. The summed E-state index contributed by atoms with van der Waals surface area (Å²) in [4.78, 5) is 0. The van der Waals surface area contributed by atoms with E-state index >= 15 is 0 Å². The van der Waals surface area contributed by atoms with E-state index in [9.17, 15) is 0 Å². The first-order valence-corrected chi connectivity index (χ1v) is 4.84. The van der Waals surface area contributed by atoms with Gasteiger partial charge in [-0.1, -0.05) is 39.5 Å². The molecule has 0 spiro atoms. The van der Waals surface area contributed by atoms with Gasteiger partial charge in [-0.05, 0) is 29.5 Å². The molecule has 0 atom stereocenters. The molecule has 1 aromatic carbocycles. The molecular formula is C13H18O. The molecule has 0 aliphatic carbocycles. The molecule has 0 unspecified atom stereocenters. The van der Waals surface area contributed by atoms with E-state index in [0.717, 1.165) is 11.3 Å². The first-order chi connectivity index (χ1) is 6.45. The smallest absolute Gasteiger partial charge is 0.129 e. The second-order valence-electron chi connectivity index (χ2n) is 4.51. The van der Waals surface area contributed by atoms with Crippen molar-refractivity contribution < 1.29 is 4.74 Å². The molecule has 1 heteroatoms.